The van der Waals surface area contributed by atoms with Crippen LogP contribution in [0, 0.1) is 0 Å². The van der Waals surface area contributed by atoms with Crippen molar-refractivity contribution in [2.45, 2.75) is 75.9 Å². The maximum atomic E-state index is 14.7. The molecule has 12 nitrogen and oxygen atoms in total. The van der Waals surface area contributed by atoms with E-state index in [-0.39, 0.29) is 52.7 Å². The number of carboxylic acid groups (broad SMARTS) is 1. The number of fused-ring (bicyclic) bond motifs is 2. The van der Waals surface area contributed by atoms with Crippen LogP contribution < -0.4 is 24.0 Å². The van der Waals surface area contributed by atoms with E-state index in [1.807, 2.05) is 30.3 Å². The summed E-state index contributed by atoms with van der Waals surface area (Å²) in [5.74, 6) is -0.543. The third kappa shape index (κ3) is 6.30. The van der Waals surface area contributed by atoms with Crippen molar-refractivity contribution in [3.05, 3.63) is 59.8 Å². The number of hydrogen-bond donors (Lipinski definition) is 2. The fourth-order valence-corrected chi connectivity index (χ4v) is 7.27. The van der Waals surface area contributed by atoms with Gasteiger partial charge in [-0.3, -0.25) is 18.7 Å². The van der Waals surface area contributed by atoms with E-state index in [2.05, 4.69) is 10.4 Å². The first kappa shape index (κ1) is 32.9. The predicted molar refractivity (Wildman–Crippen MR) is 161 cm³/mol. The Morgan fingerprint density at radius 1 is 1.15 bits per heavy atom. The monoisotopic (exact) mass is 665 g/mol. The summed E-state index contributed by atoms with van der Waals surface area (Å²) >= 11 is 0. The zero-order chi connectivity index (χ0) is 33.4. The average molecular weight is 666 g/mol. The van der Waals surface area contributed by atoms with Crippen molar-refractivity contribution in [3.8, 4) is 11.6 Å². The van der Waals surface area contributed by atoms with Crippen LogP contribution in [0.3, 0.4) is 0 Å². The molecule has 0 saturated carbocycles. The Morgan fingerprint density at radius 3 is 2.52 bits per heavy atom. The number of aryl methyl sites for hydroxylation is 1. The zero-order valence-electron chi connectivity index (χ0n) is 25.4. The van der Waals surface area contributed by atoms with Gasteiger partial charge in [0.2, 0.25) is 5.91 Å². The fraction of sp³-hybridized carbons (Fsp3) is 0.433. The molecule has 2 amide bonds. The number of benzene rings is 2. The molecule has 3 heterocycles. The number of anilines is 2. The molecule has 0 radical (unpaired) electrons. The lowest BCUT2D eigenvalue weighted by Gasteiger charge is -2.39. The third-order valence-corrected chi connectivity index (χ3v) is 9.79. The highest BCUT2D eigenvalue weighted by molar-refractivity contribution is 7.93. The molecular formula is C30H34F3N5O7S. The van der Waals surface area contributed by atoms with E-state index >= 15 is 0 Å². The number of ether oxygens (including phenoxy) is 2. The summed E-state index contributed by atoms with van der Waals surface area (Å²) in [6, 6.07) is 12.5. The molecule has 0 spiro atoms. The van der Waals surface area contributed by atoms with Crippen molar-refractivity contribution in [3.63, 3.8) is 0 Å². The molecule has 0 saturated heterocycles. The van der Waals surface area contributed by atoms with Gasteiger partial charge in [-0.05, 0) is 56.9 Å². The number of nitrogens with one attached hydrogen (secondary N) is 1. The van der Waals surface area contributed by atoms with Gasteiger partial charge in [0, 0.05) is 13.5 Å². The molecule has 2 aliphatic heterocycles. The van der Waals surface area contributed by atoms with Crippen LogP contribution >= 0.6 is 0 Å². The van der Waals surface area contributed by atoms with Crippen LogP contribution in [0.15, 0.2) is 53.4 Å². The van der Waals surface area contributed by atoms with Crippen molar-refractivity contribution in [2.75, 3.05) is 22.3 Å². The Balaban J connectivity index is 1.63. The zero-order valence-corrected chi connectivity index (χ0v) is 26.2. The van der Waals surface area contributed by atoms with Crippen molar-refractivity contribution in [2.24, 2.45) is 0 Å². The molecule has 3 aromatic rings. The highest BCUT2D eigenvalue weighted by Crippen LogP contribution is 2.45. The Morgan fingerprint density at radius 2 is 1.87 bits per heavy atom. The van der Waals surface area contributed by atoms with Gasteiger partial charge in [-0.1, -0.05) is 30.3 Å². The topological polar surface area (TPSA) is 143 Å². The predicted octanol–water partition coefficient (Wildman–Crippen LogP) is 4.72. The van der Waals surface area contributed by atoms with Crippen LogP contribution in [0.4, 0.5) is 29.3 Å². The van der Waals surface area contributed by atoms with Crippen LogP contribution in [-0.4, -0.2) is 66.2 Å². The summed E-state index contributed by atoms with van der Waals surface area (Å²) in [5, 5.41) is 17.0. The minimum atomic E-state index is -4.96. The van der Waals surface area contributed by atoms with E-state index in [0.717, 1.165) is 28.4 Å². The molecule has 46 heavy (non-hydrogen) atoms. The van der Waals surface area contributed by atoms with Crippen LogP contribution in [0.2, 0.25) is 0 Å². The van der Waals surface area contributed by atoms with Crippen LogP contribution in [-0.2, 0) is 34.4 Å². The van der Waals surface area contributed by atoms with Gasteiger partial charge in [0.1, 0.15) is 24.0 Å². The number of alkyl halides is 3. The van der Waals surface area contributed by atoms with E-state index in [4.69, 9.17) is 9.47 Å². The van der Waals surface area contributed by atoms with Gasteiger partial charge in [-0.15, -0.1) is 5.10 Å². The second kappa shape index (κ2) is 12.4. The maximum Gasteiger partial charge on any atom is 0.412 e. The first-order valence-corrected chi connectivity index (χ1v) is 16.0. The third-order valence-electron chi connectivity index (χ3n) is 7.93. The number of rotatable bonds is 9. The molecule has 0 fully saturated rings. The highest BCUT2D eigenvalue weighted by Gasteiger charge is 2.54. The molecule has 248 valence electrons. The first-order chi connectivity index (χ1) is 21.6. The number of sulfonamides is 1. The van der Waals surface area contributed by atoms with Gasteiger partial charge in [-0.2, -0.15) is 13.2 Å². The van der Waals surface area contributed by atoms with Gasteiger partial charge in [0.05, 0.1) is 30.2 Å². The van der Waals surface area contributed by atoms with Gasteiger partial charge < -0.3 is 19.9 Å². The quantitative estimate of drug-likeness (QED) is 0.335. The van der Waals surface area contributed by atoms with Crippen LogP contribution in [0.5, 0.6) is 11.6 Å². The number of aromatic nitrogens is 2. The smallest absolute Gasteiger partial charge is 0.412 e. The van der Waals surface area contributed by atoms with Crippen LogP contribution in [0.25, 0.3) is 0 Å². The average Bonchev–Trinajstić information content (AvgIpc) is 3.37. The molecular weight excluding hydrogens is 631 g/mol. The Hall–Kier alpha value is -4.47. The van der Waals surface area contributed by atoms with E-state index in [1.54, 1.807) is 4.68 Å². The summed E-state index contributed by atoms with van der Waals surface area (Å²) in [6.07, 6.45) is -5.89. The van der Waals surface area contributed by atoms with Gasteiger partial charge in [-0.25, -0.2) is 13.2 Å². The molecule has 0 aliphatic carbocycles. The molecule has 2 aliphatic rings. The van der Waals surface area contributed by atoms with Crippen molar-refractivity contribution in [1.82, 2.24) is 15.1 Å². The lowest BCUT2D eigenvalue weighted by atomic mass is 10.0. The number of halogens is 3. The number of carbonyl (C=O) groups excluding carboxylic acids is 1. The van der Waals surface area contributed by atoms with Crippen LogP contribution in [0.1, 0.15) is 44.9 Å². The molecule has 5 rings (SSSR count). The minimum absolute atomic E-state index is 0.0227. The van der Waals surface area contributed by atoms with E-state index < -0.39 is 39.6 Å². The normalized spacial score (nSPS) is 16.6. The van der Waals surface area contributed by atoms with Gasteiger partial charge in [0.25, 0.3) is 15.9 Å². The van der Waals surface area contributed by atoms with E-state index in [0.29, 0.717) is 38.9 Å². The summed E-state index contributed by atoms with van der Waals surface area (Å²) in [6.45, 7) is 2.77. The second-order valence-corrected chi connectivity index (χ2v) is 13.4. The standard InChI is InChI=1S/C30H34F3N5O7S/c1-19(39)34-16-22-17-37(24-15-21(12-13-25(24)45-22)38(28(40)41)29(2,3)30(31,32)33)46(42,43)26-23-11-7-8-14-36(23)35-27(26)44-18-20-9-5-4-6-10-20/h4-6,9-10,12-13,15,22H,7-8,11,14,16-18H2,1-3H3,(H,34,39)(H,40,41)/t22-/m0/s1. The molecule has 2 N–H and O–H groups in total. The largest absolute Gasteiger partial charge is 0.484 e. The van der Waals surface area contributed by atoms with E-state index in [1.165, 1.54) is 13.0 Å². The van der Waals surface area contributed by atoms with E-state index in [9.17, 15) is 36.3 Å². The molecule has 2 aromatic carbocycles. The molecule has 1 atom stereocenters. The summed E-state index contributed by atoms with van der Waals surface area (Å²) < 4.78 is 86.0. The van der Waals surface area contributed by atoms with Gasteiger partial charge >= 0.3 is 12.3 Å². The second-order valence-electron chi connectivity index (χ2n) is 11.6. The van der Waals surface area contributed by atoms with Crippen molar-refractivity contribution >= 4 is 33.4 Å². The number of nitrogens with zero attached hydrogens (tertiary/aromatic N) is 4. The molecule has 1 aromatic heterocycles. The number of carbonyl (C=O) groups is 2. The lowest BCUT2D eigenvalue weighted by Crippen LogP contribution is -2.57. The lowest BCUT2D eigenvalue weighted by molar-refractivity contribution is -0.175. The Kier molecular flexibility index (Phi) is 8.86. The summed E-state index contributed by atoms with van der Waals surface area (Å²) in [4.78, 5) is 23.8. The molecule has 0 unspecified atom stereocenters. The highest BCUT2D eigenvalue weighted by atomic mass is 32.2. The molecule has 0 bridgehead atoms. The number of amides is 2. The molecule has 16 heteroatoms. The Bertz CT molecular complexity index is 1730. The van der Waals surface area contributed by atoms with Crippen molar-refractivity contribution < 1.29 is 45.8 Å². The summed E-state index contributed by atoms with van der Waals surface area (Å²) in [5.41, 5.74) is -2.28. The summed E-state index contributed by atoms with van der Waals surface area (Å²) in [7, 11) is -4.56. The maximum absolute atomic E-state index is 14.7. The Labute approximate surface area is 263 Å². The van der Waals surface area contributed by atoms with Gasteiger partial charge in [0.15, 0.2) is 4.90 Å². The van der Waals surface area contributed by atoms with Crippen molar-refractivity contribution in [1.29, 1.82) is 0 Å². The minimum Gasteiger partial charge on any atom is -0.484 e. The first-order valence-electron chi connectivity index (χ1n) is 14.6. The fourth-order valence-electron chi connectivity index (χ4n) is 5.46. The SMILES string of the molecule is CC(=O)NC[C@H]1CN(S(=O)(=O)c2c(OCc3ccccc3)nn3c2CCCC3)c2cc(N(C(=O)O)C(C)(C)C(F)(F)F)ccc2O1. The number of hydrogen-bond acceptors (Lipinski definition) is 7.